The van der Waals surface area contributed by atoms with Crippen molar-refractivity contribution in [3.8, 4) is 0 Å². The Balaban J connectivity index is 2.29. The van der Waals surface area contributed by atoms with Gasteiger partial charge in [0.25, 0.3) is 0 Å². The largest absolute Gasteiger partial charge is 0.299 e. The van der Waals surface area contributed by atoms with Crippen molar-refractivity contribution in [1.29, 1.82) is 0 Å². The van der Waals surface area contributed by atoms with Crippen molar-refractivity contribution in [3.63, 3.8) is 0 Å². The number of rotatable bonds is 1. The van der Waals surface area contributed by atoms with Gasteiger partial charge in [0.1, 0.15) is 0 Å². The highest BCUT2D eigenvalue weighted by molar-refractivity contribution is 9.10. The van der Waals surface area contributed by atoms with Crippen LogP contribution in [-0.2, 0) is 0 Å². The number of pyridine rings is 1. The molecule has 1 aliphatic rings. The van der Waals surface area contributed by atoms with Crippen LogP contribution in [0.3, 0.4) is 0 Å². The van der Waals surface area contributed by atoms with Gasteiger partial charge >= 0.3 is 0 Å². The van der Waals surface area contributed by atoms with E-state index in [2.05, 4.69) is 32.9 Å². The predicted octanol–water partition coefficient (Wildman–Crippen LogP) is 2.61. The first-order valence-corrected chi connectivity index (χ1v) is 5.38. The maximum Gasteiger partial charge on any atom is 0.0372 e. The lowest BCUT2D eigenvalue weighted by molar-refractivity contribution is 0.316. The molecule has 0 N–H and O–H groups in total. The molecule has 1 aromatic heterocycles. The van der Waals surface area contributed by atoms with E-state index in [0.29, 0.717) is 6.04 Å². The monoisotopic (exact) mass is 240 g/mol. The molecule has 0 spiro atoms. The molecule has 1 saturated heterocycles. The summed E-state index contributed by atoms with van der Waals surface area (Å²) in [6, 6.07) is 2.57. The number of aromatic nitrogens is 1. The third-order valence-corrected chi connectivity index (χ3v) is 3.40. The molecule has 0 radical (unpaired) electrons. The summed E-state index contributed by atoms with van der Waals surface area (Å²) in [5.41, 5.74) is 1.32. The molecule has 2 nitrogen and oxygen atoms in total. The van der Waals surface area contributed by atoms with Crippen LogP contribution in [0.5, 0.6) is 0 Å². The van der Waals surface area contributed by atoms with E-state index in [1.54, 1.807) is 0 Å². The van der Waals surface area contributed by atoms with Gasteiger partial charge in [0.2, 0.25) is 0 Å². The number of halogens is 1. The Hall–Kier alpha value is -0.410. The van der Waals surface area contributed by atoms with Gasteiger partial charge < -0.3 is 0 Å². The predicted molar refractivity (Wildman–Crippen MR) is 56.5 cm³/mol. The zero-order chi connectivity index (χ0) is 9.26. The van der Waals surface area contributed by atoms with Gasteiger partial charge in [-0.3, -0.25) is 9.88 Å². The van der Waals surface area contributed by atoms with Crippen LogP contribution in [0.4, 0.5) is 0 Å². The molecule has 1 aliphatic heterocycles. The lowest BCUT2D eigenvalue weighted by Crippen LogP contribution is -2.17. The number of hydrogen-bond donors (Lipinski definition) is 0. The molecule has 0 bridgehead atoms. The second-order valence-corrected chi connectivity index (χ2v) is 4.39. The summed E-state index contributed by atoms with van der Waals surface area (Å²) in [6.07, 6.45) is 6.34. The molecule has 70 valence electrons. The minimum Gasteiger partial charge on any atom is -0.299 e. The first-order valence-electron chi connectivity index (χ1n) is 4.58. The van der Waals surface area contributed by atoms with E-state index in [-0.39, 0.29) is 0 Å². The summed E-state index contributed by atoms with van der Waals surface area (Å²) in [6.45, 7) is 1.20. The molecular weight excluding hydrogens is 228 g/mol. The zero-order valence-electron chi connectivity index (χ0n) is 7.70. The minimum atomic E-state index is 0.558. The van der Waals surface area contributed by atoms with Crippen LogP contribution in [0.1, 0.15) is 24.4 Å². The maximum absolute atomic E-state index is 4.17. The summed E-state index contributed by atoms with van der Waals surface area (Å²) in [5.74, 6) is 0. The highest BCUT2D eigenvalue weighted by atomic mass is 79.9. The molecule has 1 aromatic rings. The number of nitrogens with zero attached hydrogens (tertiary/aromatic N) is 2. The fraction of sp³-hybridized carbons (Fsp3) is 0.500. The molecule has 0 amide bonds. The van der Waals surface area contributed by atoms with Gasteiger partial charge in [-0.25, -0.2) is 0 Å². The molecule has 0 aliphatic carbocycles. The minimum absolute atomic E-state index is 0.558. The lowest BCUT2D eigenvalue weighted by Gasteiger charge is -2.20. The van der Waals surface area contributed by atoms with E-state index < -0.39 is 0 Å². The Bertz CT molecular complexity index is 301. The summed E-state index contributed by atoms with van der Waals surface area (Å²) in [5, 5.41) is 0. The molecule has 3 heteroatoms. The normalized spacial score (nSPS) is 23.7. The third-order valence-electron chi connectivity index (χ3n) is 2.68. The molecule has 0 saturated carbocycles. The fourth-order valence-electron chi connectivity index (χ4n) is 1.94. The molecule has 0 aromatic carbocycles. The first kappa shape index (κ1) is 9.16. The Labute approximate surface area is 87.1 Å². The molecule has 1 fully saturated rings. The average Bonchev–Trinajstić information content (AvgIpc) is 2.52. The second kappa shape index (κ2) is 3.76. The van der Waals surface area contributed by atoms with E-state index >= 15 is 0 Å². The van der Waals surface area contributed by atoms with Gasteiger partial charge in [0.05, 0.1) is 0 Å². The van der Waals surface area contributed by atoms with Gasteiger partial charge in [-0.1, -0.05) is 15.9 Å². The van der Waals surface area contributed by atoms with Crippen LogP contribution >= 0.6 is 15.9 Å². The molecule has 2 rings (SSSR count). The van der Waals surface area contributed by atoms with Crippen molar-refractivity contribution in [3.05, 3.63) is 28.5 Å². The van der Waals surface area contributed by atoms with Gasteiger partial charge in [0, 0.05) is 28.5 Å². The Kier molecular flexibility index (Phi) is 2.65. The van der Waals surface area contributed by atoms with Crippen molar-refractivity contribution in [1.82, 2.24) is 9.88 Å². The van der Waals surface area contributed by atoms with E-state index in [1.165, 1.54) is 29.4 Å². The average molecular weight is 241 g/mol. The van der Waals surface area contributed by atoms with Gasteiger partial charge in [0.15, 0.2) is 0 Å². The van der Waals surface area contributed by atoms with Crippen LogP contribution in [0.15, 0.2) is 22.9 Å². The highest BCUT2D eigenvalue weighted by Gasteiger charge is 2.23. The third kappa shape index (κ3) is 1.76. The Morgan fingerprint density at radius 1 is 1.62 bits per heavy atom. The SMILES string of the molecule is CN1CCC[C@H]1c1cnccc1Br. The summed E-state index contributed by atoms with van der Waals surface area (Å²) in [7, 11) is 2.18. The van der Waals surface area contributed by atoms with Crippen LogP contribution in [-0.4, -0.2) is 23.5 Å². The van der Waals surface area contributed by atoms with Gasteiger partial charge in [-0.2, -0.15) is 0 Å². The van der Waals surface area contributed by atoms with E-state index in [1.807, 2.05) is 18.5 Å². The number of likely N-dealkylation sites (tertiary alicyclic amines) is 1. The molecule has 1 atom stereocenters. The molecule has 2 heterocycles. The van der Waals surface area contributed by atoms with Crippen molar-refractivity contribution < 1.29 is 0 Å². The fourth-order valence-corrected chi connectivity index (χ4v) is 2.42. The summed E-state index contributed by atoms with van der Waals surface area (Å²) in [4.78, 5) is 6.56. The van der Waals surface area contributed by atoms with E-state index in [0.717, 1.165) is 0 Å². The maximum atomic E-state index is 4.17. The van der Waals surface area contributed by atoms with Crippen molar-refractivity contribution in [2.24, 2.45) is 0 Å². The zero-order valence-corrected chi connectivity index (χ0v) is 9.29. The van der Waals surface area contributed by atoms with E-state index in [4.69, 9.17) is 0 Å². The standard InChI is InChI=1S/C10H13BrN2/c1-13-6-2-3-10(13)8-7-12-5-4-9(8)11/h4-5,7,10H,2-3,6H2,1H3/t10-/m0/s1. The van der Waals surface area contributed by atoms with Gasteiger partial charge in [-0.05, 0) is 32.5 Å². The van der Waals surface area contributed by atoms with Crippen molar-refractivity contribution in [2.45, 2.75) is 18.9 Å². The Morgan fingerprint density at radius 2 is 2.46 bits per heavy atom. The van der Waals surface area contributed by atoms with Crippen LogP contribution in [0.2, 0.25) is 0 Å². The van der Waals surface area contributed by atoms with Crippen LogP contribution in [0, 0.1) is 0 Å². The summed E-state index contributed by atoms with van der Waals surface area (Å²) >= 11 is 3.57. The topological polar surface area (TPSA) is 16.1 Å². The van der Waals surface area contributed by atoms with Gasteiger partial charge in [-0.15, -0.1) is 0 Å². The quantitative estimate of drug-likeness (QED) is 0.751. The van der Waals surface area contributed by atoms with Crippen molar-refractivity contribution >= 4 is 15.9 Å². The number of hydrogen-bond acceptors (Lipinski definition) is 2. The molecule has 0 unspecified atom stereocenters. The smallest absolute Gasteiger partial charge is 0.0372 e. The van der Waals surface area contributed by atoms with Crippen LogP contribution < -0.4 is 0 Å². The van der Waals surface area contributed by atoms with E-state index in [9.17, 15) is 0 Å². The van der Waals surface area contributed by atoms with Crippen LogP contribution in [0.25, 0.3) is 0 Å². The highest BCUT2D eigenvalue weighted by Crippen LogP contribution is 2.33. The molecule has 13 heavy (non-hydrogen) atoms. The first-order chi connectivity index (χ1) is 6.29. The summed E-state index contributed by atoms with van der Waals surface area (Å²) < 4.78 is 1.18. The molecular formula is C10H13BrN2. The van der Waals surface area contributed by atoms with Crippen molar-refractivity contribution in [2.75, 3.05) is 13.6 Å². The lowest BCUT2D eigenvalue weighted by atomic mass is 10.1. The second-order valence-electron chi connectivity index (χ2n) is 3.54. The Morgan fingerprint density at radius 3 is 3.08 bits per heavy atom.